The van der Waals surface area contributed by atoms with Gasteiger partial charge in [0.25, 0.3) is 0 Å². The van der Waals surface area contributed by atoms with Crippen LogP contribution >= 0.6 is 0 Å². The van der Waals surface area contributed by atoms with Gasteiger partial charge in [0.15, 0.2) is 0 Å². The first-order valence-corrected chi connectivity index (χ1v) is 9.67. The Balaban J connectivity index is 1.45. The van der Waals surface area contributed by atoms with Gasteiger partial charge in [-0.05, 0) is 31.0 Å². The molecular weight excluding hydrogens is 360 g/mol. The zero-order valence-electron chi connectivity index (χ0n) is 16.4. The van der Waals surface area contributed by atoms with Crippen molar-refractivity contribution in [3.8, 4) is 0 Å². The van der Waals surface area contributed by atoms with E-state index in [1.165, 1.54) is 23.3 Å². The Morgan fingerprint density at radius 3 is 2.50 bits per heavy atom. The maximum absolute atomic E-state index is 13.8. The molecular formula is C22H27F2N3O. The molecule has 3 rings (SSSR count). The average molecular weight is 387 g/mol. The maximum Gasteiger partial charge on any atom is 0.236 e. The highest BCUT2D eigenvalue weighted by Crippen LogP contribution is 2.18. The van der Waals surface area contributed by atoms with E-state index in [0.717, 1.165) is 25.7 Å². The monoisotopic (exact) mass is 387 g/mol. The van der Waals surface area contributed by atoms with Crippen LogP contribution in [0.5, 0.6) is 0 Å². The molecule has 2 aromatic carbocycles. The van der Waals surface area contributed by atoms with Gasteiger partial charge in [-0.2, -0.15) is 0 Å². The van der Waals surface area contributed by atoms with Crippen LogP contribution in [0, 0.1) is 18.6 Å². The summed E-state index contributed by atoms with van der Waals surface area (Å²) in [6.45, 7) is 7.96. The molecule has 0 radical (unpaired) electrons. The Bertz CT molecular complexity index is 819. The molecule has 4 nitrogen and oxygen atoms in total. The molecule has 0 bridgehead atoms. The molecule has 150 valence electrons. The molecule has 1 N–H and O–H groups in total. The fraction of sp³-hybridized carbons (Fsp3) is 0.409. The summed E-state index contributed by atoms with van der Waals surface area (Å²) in [4.78, 5) is 16.7. The van der Waals surface area contributed by atoms with Gasteiger partial charge in [-0.1, -0.05) is 30.3 Å². The number of carbonyl (C=O) groups is 1. The SMILES string of the molecule is Cc1ccccc1CN1CCN(C(=O)CN[C@@H](C)c2ccc(F)cc2F)CC1. The lowest BCUT2D eigenvalue weighted by molar-refractivity contribution is -0.132. The van der Waals surface area contributed by atoms with Crippen molar-refractivity contribution >= 4 is 5.91 Å². The van der Waals surface area contributed by atoms with Crippen LogP contribution in [0.1, 0.15) is 29.7 Å². The Kier molecular flexibility index (Phi) is 6.75. The molecule has 6 heteroatoms. The highest BCUT2D eigenvalue weighted by atomic mass is 19.1. The molecule has 2 aromatic rings. The van der Waals surface area contributed by atoms with Gasteiger partial charge in [0, 0.05) is 50.4 Å². The van der Waals surface area contributed by atoms with Gasteiger partial charge in [-0.3, -0.25) is 9.69 Å². The second-order valence-corrected chi connectivity index (χ2v) is 7.35. The molecule has 1 atom stereocenters. The van der Waals surface area contributed by atoms with E-state index in [1.54, 1.807) is 6.92 Å². The van der Waals surface area contributed by atoms with Crippen LogP contribution < -0.4 is 5.32 Å². The number of nitrogens with one attached hydrogen (secondary N) is 1. The standard InChI is InChI=1S/C22H27F2N3O/c1-16-5-3-4-6-18(16)15-26-9-11-27(12-10-26)22(28)14-25-17(2)20-8-7-19(23)13-21(20)24/h3-8,13,17,25H,9-12,14-15H2,1-2H3/t17-/m0/s1. The number of rotatable bonds is 6. The first-order valence-electron chi connectivity index (χ1n) is 9.67. The number of amides is 1. The first kappa shape index (κ1) is 20.4. The van der Waals surface area contributed by atoms with E-state index >= 15 is 0 Å². The number of benzene rings is 2. The quantitative estimate of drug-likeness (QED) is 0.826. The molecule has 0 spiro atoms. The summed E-state index contributed by atoms with van der Waals surface area (Å²) in [6.07, 6.45) is 0. The minimum Gasteiger partial charge on any atom is -0.339 e. The molecule has 1 aliphatic rings. The molecule has 1 aliphatic heterocycles. The second-order valence-electron chi connectivity index (χ2n) is 7.35. The van der Waals surface area contributed by atoms with Crippen LogP contribution in [0.2, 0.25) is 0 Å². The van der Waals surface area contributed by atoms with Crippen LogP contribution in [0.25, 0.3) is 0 Å². The van der Waals surface area contributed by atoms with Gasteiger partial charge in [0.05, 0.1) is 6.54 Å². The summed E-state index contributed by atoms with van der Waals surface area (Å²) in [5.74, 6) is -1.20. The molecule has 1 amide bonds. The zero-order valence-corrected chi connectivity index (χ0v) is 16.4. The number of halogens is 2. The molecule has 0 unspecified atom stereocenters. The van der Waals surface area contributed by atoms with Crippen molar-refractivity contribution in [2.75, 3.05) is 32.7 Å². The Hall–Kier alpha value is -2.31. The minimum atomic E-state index is -0.604. The second kappa shape index (κ2) is 9.26. The normalized spacial score (nSPS) is 16.2. The molecule has 0 aromatic heterocycles. The van der Waals surface area contributed by atoms with Crippen molar-refractivity contribution in [2.45, 2.75) is 26.4 Å². The maximum atomic E-state index is 13.8. The van der Waals surface area contributed by atoms with Gasteiger partial charge in [0.1, 0.15) is 11.6 Å². The predicted molar refractivity (Wildman–Crippen MR) is 106 cm³/mol. The van der Waals surface area contributed by atoms with E-state index in [1.807, 2.05) is 11.0 Å². The van der Waals surface area contributed by atoms with Crippen molar-refractivity contribution in [3.63, 3.8) is 0 Å². The van der Waals surface area contributed by atoms with E-state index < -0.39 is 11.6 Å². The molecule has 0 aliphatic carbocycles. The summed E-state index contributed by atoms with van der Waals surface area (Å²) in [7, 11) is 0. The van der Waals surface area contributed by atoms with Gasteiger partial charge in [-0.25, -0.2) is 8.78 Å². The molecule has 1 heterocycles. The van der Waals surface area contributed by atoms with Crippen molar-refractivity contribution in [1.82, 2.24) is 15.1 Å². The largest absolute Gasteiger partial charge is 0.339 e. The average Bonchev–Trinajstić information content (AvgIpc) is 2.68. The van der Waals surface area contributed by atoms with E-state index in [-0.39, 0.29) is 18.5 Å². The Morgan fingerprint density at radius 2 is 1.82 bits per heavy atom. The highest BCUT2D eigenvalue weighted by molar-refractivity contribution is 5.78. The van der Waals surface area contributed by atoms with Crippen molar-refractivity contribution in [2.24, 2.45) is 0 Å². The minimum absolute atomic E-state index is 0.00455. The zero-order chi connectivity index (χ0) is 20.1. The molecule has 28 heavy (non-hydrogen) atoms. The molecule has 0 saturated carbocycles. The predicted octanol–water partition coefficient (Wildman–Crippen LogP) is 3.27. The van der Waals surface area contributed by atoms with Crippen LogP contribution in [-0.2, 0) is 11.3 Å². The smallest absolute Gasteiger partial charge is 0.236 e. The third-order valence-electron chi connectivity index (χ3n) is 5.37. The Labute approximate surface area is 165 Å². The lowest BCUT2D eigenvalue weighted by Crippen LogP contribution is -2.50. The lowest BCUT2D eigenvalue weighted by Gasteiger charge is -2.35. The summed E-state index contributed by atoms with van der Waals surface area (Å²) in [5.41, 5.74) is 2.96. The van der Waals surface area contributed by atoms with Gasteiger partial charge < -0.3 is 10.2 Å². The fourth-order valence-electron chi connectivity index (χ4n) is 3.50. The molecule has 1 fully saturated rings. The molecule has 1 saturated heterocycles. The van der Waals surface area contributed by atoms with E-state index in [4.69, 9.17) is 0 Å². The number of aryl methyl sites for hydroxylation is 1. The van der Waals surface area contributed by atoms with Gasteiger partial charge >= 0.3 is 0 Å². The van der Waals surface area contributed by atoms with Crippen LogP contribution in [0.3, 0.4) is 0 Å². The van der Waals surface area contributed by atoms with Crippen molar-refractivity contribution in [1.29, 1.82) is 0 Å². The first-order chi connectivity index (χ1) is 13.4. The third-order valence-corrected chi connectivity index (χ3v) is 5.37. The number of hydrogen-bond acceptors (Lipinski definition) is 3. The topological polar surface area (TPSA) is 35.6 Å². The van der Waals surface area contributed by atoms with Crippen molar-refractivity contribution < 1.29 is 13.6 Å². The summed E-state index contributed by atoms with van der Waals surface area (Å²) in [6, 6.07) is 11.5. The lowest BCUT2D eigenvalue weighted by atomic mass is 10.1. The van der Waals surface area contributed by atoms with Crippen LogP contribution in [-0.4, -0.2) is 48.4 Å². The van der Waals surface area contributed by atoms with E-state index in [2.05, 4.69) is 35.3 Å². The third kappa shape index (κ3) is 5.14. The summed E-state index contributed by atoms with van der Waals surface area (Å²) < 4.78 is 26.9. The number of nitrogens with zero attached hydrogens (tertiary/aromatic N) is 2. The summed E-state index contributed by atoms with van der Waals surface area (Å²) >= 11 is 0. The number of piperazine rings is 1. The Morgan fingerprint density at radius 1 is 1.11 bits per heavy atom. The van der Waals surface area contributed by atoms with E-state index in [9.17, 15) is 13.6 Å². The number of carbonyl (C=O) groups excluding carboxylic acids is 1. The summed E-state index contributed by atoms with van der Waals surface area (Å²) in [5, 5.41) is 3.05. The van der Waals surface area contributed by atoms with Crippen LogP contribution in [0.15, 0.2) is 42.5 Å². The van der Waals surface area contributed by atoms with Crippen LogP contribution in [0.4, 0.5) is 8.78 Å². The van der Waals surface area contributed by atoms with Crippen molar-refractivity contribution in [3.05, 3.63) is 70.8 Å². The van der Waals surface area contributed by atoms with E-state index in [0.29, 0.717) is 18.7 Å². The highest BCUT2D eigenvalue weighted by Gasteiger charge is 2.22. The van der Waals surface area contributed by atoms with Gasteiger partial charge in [-0.15, -0.1) is 0 Å². The van der Waals surface area contributed by atoms with Gasteiger partial charge in [0.2, 0.25) is 5.91 Å². The number of hydrogen-bond donors (Lipinski definition) is 1. The fourth-order valence-corrected chi connectivity index (χ4v) is 3.50.